The van der Waals surface area contributed by atoms with Gasteiger partial charge in [-0.2, -0.15) is 0 Å². The smallest absolute Gasteiger partial charge is 0.278 e. The molecule has 1 aliphatic carbocycles. The van der Waals surface area contributed by atoms with E-state index in [9.17, 15) is 4.79 Å². The van der Waals surface area contributed by atoms with E-state index in [-0.39, 0.29) is 5.91 Å². The lowest BCUT2D eigenvalue weighted by Gasteiger charge is -2.14. The minimum Gasteiger partial charge on any atom is -0.355 e. The van der Waals surface area contributed by atoms with Gasteiger partial charge in [-0.25, -0.2) is 0 Å². The molecule has 4 rings (SSSR count). The lowest BCUT2D eigenvalue weighted by atomic mass is 9.89. The highest BCUT2D eigenvalue weighted by Crippen LogP contribution is 2.35. The number of carbonyl (C=O) groups is 1. The molecule has 108 valence electrons. The molecule has 22 heavy (non-hydrogen) atoms. The summed E-state index contributed by atoms with van der Waals surface area (Å²) in [6, 6.07) is 11.5. The third-order valence-electron chi connectivity index (χ3n) is 3.85. The summed E-state index contributed by atoms with van der Waals surface area (Å²) in [7, 11) is 0. The van der Waals surface area contributed by atoms with Crippen molar-refractivity contribution in [3.8, 4) is 11.3 Å². The number of fused-ring (bicyclic) bond motifs is 3. The van der Waals surface area contributed by atoms with Gasteiger partial charge in [0.15, 0.2) is 11.5 Å². The molecule has 0 radical (unpaired) electrons. The summed E-state index contributed by atoms with van der Waals surface area (Å²) in [6.45, 7) is 0. The van der Waals surface area contributed by atoms with Crippen LogP contribution in [-0.4, -0.2) is 16.0 Å². The highest BCUT2D eigenvalue weighted by molar-refractivity contribution is 6.04. The van der Waals surface area contributed by atoms with Crippen LogP contribution >= 0.6 is 0 Å². The van der Waals surface area contributed by atoms with Gasteiger partial charge in [-0.15, -0.1) is 0 Å². The first kappa shape index (κ1) is 12.8. The van der Waals surface area contributed by atoms with Gasteiger partial charge in [0, 0.05) is 29.2 Å². The van der Waals surface area contributed by atoms with Crippen LogP contribution in [0.5, 0.6) is 0 Å². The molecule has 0 saturated heterocycles. The lowest BCUT2D eigenvalue weighted by Crippen LogP contribution is -2.15. The quantitative estimate of drug-likeness (QED) is 0.787. The Morgan fingerprint density at radius 2 is 1.91 bits per heavy atom. The molecule has 2 aromatic heterocycles. The molecule has 1 N–H and O–H groups in total. The molecule has 0 saturated carbocycles. The highest BCUT2D eigenvalue weighted by atomic mass is 16.5. The number of aromatic nitrogens is 2. The fourth-order valence-electron chi connectivity index (χ4n) is 2.78. The van der Waals surface area contributed by atoms with Crippen molar-refractivity contribution in [2.24, 2.45) is 0 Å². The molecule has 5 heteroatoms. The molecular weight excluding hydrogens is 278 g/mol. The van der Waals surface area contributed by atoms with E-state index in [2.05, 4.69) is 21.5 Å². The summed E-state index contributed by atoms with van der Waals surface area (Å²) < 4.78 is 5.45. The molecule has 2 heterocycles. The van der Waals surface area contributed by atoms with Crippen LogP contribution in [0.25, 0.3) is 11.3 Å². The second kappa shape index (κ2) is 5.11. The van der Waals surface area contributed by atoms with Crippen molar-refractivity contribution in [2.75, 3.05) is 5.32 Å². The van der Waals surface area contributed by atoms with E-state index in [0.717, 1.165) is 24.0 Å². The number of pyridine rings is 1. The highest BCUT2D eigenvalue weighted by Gasteiger charge is 2.27. The van der Waals surface area contributed by atoms with Gasteiger partial charge in [-0.3, -0.25) is 9.78 Å². The van der Waals surface area contributed by atoms with E-state index < -0.39 is 0 Å². The Morgan fingerprint density at radius 3 is 2.77 bits per heavy atom. The summed E-state index contributed by atoms with van der Waals surface area (Å²) in [6.07, 6.45) is 4.91. The average Bonchev–Trinajstić information content (AvgIpc) is 3.00. The Bertz CT molecular complexity index is 840. The van der Waals surface area contributed by atoms with Crippen LogP contribution in [0.1, 0.15) is 21.6 Å². The molecular formula is C17H13N3O2. The van der Waals surface area contributed by atoms with Crippen LogP contribution in [-0.2, 0) is 12.8 Å². The summed E-state index contributed by atoms with van der Waals surface area (Å²) in [4.78, 5) is 16.3. The van der Waals surface area contributed by atoms with Crippen molar-refractivity contribution < 1.29 is 9.32 Å². The Kier molecular flexibility index (Phi) is 2.96. The van der Waals surface area contributed by atoms with Crippen LogP contribution in [0.15, 0.2) is 53.3 Å². The first-order valence-corrected chi connectivity index (χ1v) is 7.11. The molecule has 0 fully saturated rings. The van der Waals surface area contributed by atoms with Crippen molar-refractivity contribution in [3.63, 3.8) is 0 Å². The molecule has 1 aliphatic rings. The van der Waals surface area contributed by atoms with E-state index in [0.29, 0.717) is 17.1 Å². The van der Waals surface area contributed by atoms with Crippen LogP contribution in [0.3, 0.4) is 0 Å². The molecule has 5 nitrogen and oxygen atoms in total. The molecule has 1 aromatic carbocycles. The topological polar surface area (TPSA) is 68.0 Å². The van der Waals surface area contributed by atoms with E-state index >= 15 is 0 Å². The summed E-state index contributed by atoms with van der Waals surface area (Å²) in [5.74, 6) is 0.456. The van der Waals surface area contributed by atoms with E-state index in [1.54, 1.807) is 24.5 Å². The van der Waals surface area contributed by atoms with Crippen LogP contribution < -0.4 is 5.32 Å². The van der Waals surface area contributed by atoms with E-state index in [1.165, 1.54) is 5.56 Å². The molecule has 0 bridgehead atoms. The first-order chi connectivity index (χ1) is 10.8. The maximum atomic E-state index is 12.4. The van der Waals surface area contributed by atoms with Crippen molar-refractivity contribution in [3.05, 3.63) is 65.6 Å². The summed E-state index contributed by atoms with van der Waals surface area (Å²) in [5.41, 5.74) is 4.19. The molecule has 1 amide bonds. The van der Waals surface area contributed by atoms with Gasteiger partial charge < -0.3 is 9.84 Å². The lowest BCUT2D eigenvalue weighted by molar-refractivity contribution is 0.101. The monoisotopic (exact) mass is 291 g/mol. The standard InChI is InChI=1S/C17H13N3O2/c21-17(19-12-7-9-18-10-8-12)15-14-6-5-11-3-1-2-4-13(11)16(14)22-20-15/h1-4,7-10H,5-6H2,(H,18,19,21). The van der Waals surface area contributed by atoms with E-state index in [4.69, 9.17) is 4.52 Å². The third-order valence-corrected chi connectivity index (χ3v) is 3.85. The summed E-state index contributed by atoms with van der Waals surface area (Å²) in [5, 5.41) is 6.81. The number of amides is 1. The van der Waals surface area contributed by atoms with Gasteiger partial charge in [-0.05, 0) is 30.5 Å². The maximum absolute atomic E-state index is 12.4. The number of nitrogens with one attached hydrogen (secondary N) is 1. The van der Waals surface area contributed by atoms with Crippen molar-refractivity contribution in [1.29, 1.82) is 0 Å². The second-order valence-corrected chi connectivity index (χ2v) is 5.19. The van der Waals surface area contributed by atoms with Crippen LogP contribution in [0, 0.1) is 0 Å². The fraction of sp³-hybridized carbons (Fsp3) is 0.118. The van der Waals surface area contributed by atoms with Crippen molar-refractivity contribution >= 4 is 11.6 Å². The molecule has 0 atom stereocenters. The Balaban J connectivity index is 1.69. The van der Waals surface area contributed by atoms with Gasteiger partial charge in [-0.1, -0.05) is 29.4 Å². The molecule has 0 spiro atoms. The van der Waals surface area contributed by atoms with Gasteiger partial charge in [0.1, 0.15) is 0 Å². The largest absolute Gasteiger partial charge is 0.355 e. The number of anilines is 1. The van der Waals surface area contributed by atoms with Gasteiger partial charge in [0.25, 0.3) is 5.91 Å². The predicted octanol–water partition coefficient (Wildman–Crippen LogP) is 3.09. The minimum atomic E-state index is -0.254. The minimum absolute atomic E-state index is 0.254. The maximum Gasteiger partial charge on any atom is 0.278 e. The zero-order valence-corrected chi connectivity index (χ0v) is 11.7. The second-order valence-electron chi connectivity index (χ2n) is 5.19. The number of rotatable bonds is 2. The van der Waals surface area contributed by atoms with Crippen LogP contribution in [0.4, 0.5) is 5.69 Å². The normalized spacial score (nSPS) is 12.4. The number of aryl methyl sites for hydroxylation is 1. The number of benzene rings is 1. The zero-order chi connectivity index (χ0) is 14.9. The number of hydrogen-bond acceptors (Lipinski definition) is 4. The third kappa shape index (κ3) is 2.07. The number of carbonyl (C=O) groups excluding carboxylic acids is 1. The van der Waals surface area contributed by atoms with Gasteiger partial charge in [0.05, 0.1) is 0 Å². The fourth-order valence-corrected chi connectivity index (χ4v) is 2.78. The Hall–Kier alpha value is -2.95. The molecule has 0 unspecified atom stereocenters. The first-order valence-electron chi connectivity index (χ1n) is 7.11. The zero-order valence-electron chi connectivity index (χ0n) is 11.7. The molecule has 3 aromatic rings. The van der Waals surface area contributed by atoms with Crippen LogP contribution in [0.2, 0.25) is 0 Å². The van der Waals surface area contributed by atoms with Gasteiger partial charge >= 0.3 is 0 Å². The van der Waals surface area contributed by atoms with Gasteiger partial charge in [0.2, 0.25) is 0 Å². The average molecular weight is 291 g/mol. The Labute approximate surface area is 127 Å². The number of hydrogen-bond donors (Lipinski definition) is 1. The SMILES string of the molecule is O=C(Nc1ccncc1)c1noc2c1CCc1ccccc1-2. The van der Waals surface area contributed by atoms with E-state index in [1.807, 2.05) is 18.2 Å². The number of nitrogens with zero attached hydrogens (tertiary/aromatic N) is 2. The predicted molar refractivity (Wildman–Crippen MR) is 81.5 cm³/mol. The van der Waals surface area contributed by atoms with Crippen molar-refractivity contribution in [1.82, 2.24) is 10.1 Å². The Morgan fingerprint density at radius 1 is 1.09 bits per heavy atom. The van der Waals surface area contributed by atoms with Crippen molar-refractivity contribution in [2.45, 2.75) is 12.8 Å². The summed E-state index contributed by atoms with van der Waals surface area (Å²) >= 11 is 0. The molecule has 0 aliphatic heterocycles.